The van der Waals surface area contributed by atoms with E-state index >= 15 is 0 Å². The zero-order chi connectivity index (χ0) is 13.1. The Hall–Kier alpha value is -0.390. The second-order valence-electron chi connectivity index (χ2n) is 4.78. The van der Waals surface area contributed by atoms with E-state index in [-0.39, 0.29) is 0 Å². The molecule has 1 aliphatic rings. The van der Waals surface area contributed by atoms with Crippen LogP contribution in [0.25, 0.3) is 0 Å². The predicted octanol–water partition coefficient (Wildman–Crippen LogP) is 2.49. The maximum absolute atomic E-state index is 5.29. The maximum atomic E-state index is 5.29. The first kappa shape index (κ1) is 14.0. The number of nitrogens with zero attached hydrogens (tertiary/aromatic N) is 2. The minimum Gasteiger partial charge on any atom is -0.381 e. The molecule has 0 bridgehead atoms. The SMILES string of the molecule is CCc1nn(CC)c(CNC2CC(OC)C2)c1Br. The average Bonchev–Trinajstić information content (AvgIpc) is 2.64. The number of hydrogen-bond acceptors (Lipinski definition) is 3. The summed E-state index contributed by atoms with van der Waals surface area (Å²) in [4.78, 5) is 0. The van der Waals surface area contributed by atoms with Crippen LogP contribution in [0, 0.1) is 0 Å². The molecule has 1 saturated carbocycles. The van der Waals surface area contributed by atoms with Gasteiger partial charge in [0, 0.05) is 26.2 Å². The van der Waals surface area contributed by atoms with E-state index in [0.717, 1.165) is 38.0 Å². The van der Waals surface area contributed by atoms with Gasteiger partial charge in [0.1, 0.15) is 0 Å². The lowest BCUT2D eigenvalue weighted by atomic mass is 9.89. The van der Waals surface area contributed by atoms with Gasteiger partial charge in [-0.1, -0.05) is 6.92 Å². The van der Waals surface area contributed by atoms with Crippen molar-refractivity contribution in [2.75, 3.05) is 7.11 Å². The van der Waals surface area contributed by atoms with Crippen LogP contribution in [-0.2, 0) is 24.2 Å². The highest BCUT2D eigenvalue weighted by atomic mass is 79.9. The molecule has 18 heavy (non-hydrogen) atoms. The number of ether oxygens (including phenoxy) is 1. The van der Waals surface area contributed by atoms with E-state index in [9.17, 15) is 0 Å². The molecule has 0 amide bonds. The molecule has 5 heteroatoms. The van der Waals surface area contributed by atoms with Crippen LogP contribution in [0.2, 0.25) is 0 Å². The third-order valence-corrected chi connectivity index (χ3v) is 4.60. The number of aryl methyl sites for hydroxylation is 2. The van der Waals surface area contributed by atoms with Crippen LogP contribution in [0.4, 0.5) is 0 Å². The van der Waals surface area contributed by atoms with Crippen LogP contribution in [0.15, 0.2) is 4.47 Å². The standard InChI is InChI=1S/C13H22BrN3O/c1-4-11-13(14)12(17(5-2)16-11)8-15-9-6-10(7-9)18-3/h9-10,15H,4-8H2,1-3H3. The van der Waals surface area contributed by atoms with Crippen molar-refractivity contribution in [3.8, 4) is 0 Å². The molecule has 0 saturated heterocycles. The monoisotopic (exact) mass is 315 g/mol. The molecule has 0 spiro atoms. The van der Waals surface area contributed by atoms with Crippen LogP contribution in [-0.4, -0.2) is 29.0 Å². The van der Waals surface area contributed by atoms with Crippen LogP contribution >= 0.6 is 15.9 Å². The highest BCUT2D eigenvalue weighted by molar-refractivity contribution is 9.10. The molecule has 1 fully saturated rings. The number of aromatic nitrogens is 2. The number of methoxy groups -OCH3 is 1. The Morgan fingerprint density at radius 3 is 2.72 bits per heavy atom. The largest absolute Gasteiger partial charge is 0.381 e. The second-order valence-corrected chi connectivity index (χ2v) is 5.58. The highest BCUT2D eigenvalue weighted by Crippen LogP contribution is 2.25. The van der Waals surface area contributed by atoms with Crippen molar-refractivity contribution in [2.45, 2.75) is 58.3 Å². The molecule has 1 aromatic rings. The van der Waals surface area contributed by atoms with Crippen molar-refractivity contribution in [1.82, 2.24) is 15.1 Å². The van der Waals surface area contributed by atoms with Gasteiger partial charge in [-0.25, -0.2) is 0 Å². The van der Waals surface area contributed by atoms with Crippen LogP contribution < -0.4 is 5.32 Å². The van der Waals surface area contributed by atoms with Gasteiger partial charge in [-0.15, -0.1) is 0 Å². The van der Waals surface area contributed by atoms with E-state index in [0.29, 0.717) is 12.1 Å². The molecule has 1 N–H and O–H groups in total. The predicted molar refractivity (Wildman–Crippen MR) is 75.6 cm³/mol. The summed E-state index contributed by atoms with van der Waals surface area (Å²) in [5.74, 6) is 0. The summed E-state index contributed by atoms with van der Waals surface area (Å²) in [6, 6.07) is 0.590. The van der Waals surface area contributed by atoms with Crippen molar-refractivity contribution in [1.29, 1.82) is 0 Å². The van der Waals surface area contributed by atoms with Gasteiger partial charge in [-0.2, -0.15) is 5.10 Å². The lowest BCUT2D eigenvalue weighted by Crippen LogP contribution is -2.44. The van der Waals surface area contributed by atoms with Crippen molar-refractivity contribution in [3.63, 3.8) is 0 Å². The smallest absolute Gasteiger partial charge is 0.0767 e. The number of nitrogens with one attached hydrogen (secondary N) is 1. The molecule has 102 valence electrons. The van der Waals surface area contributed by atoms with E-state index < -0.39 is 0 Å². The van der Waals surface area contributed by atoms with Crippen molar-refractivity contribution in [3.05, 3.63) is 15.9 Å². The van der Waals surface area contributed by atoms with Crippen molar-refractivity contribution < 1.29 is 4.74 Å². The lowest BCUT2D eigenvalue weighted by Gasteiger charge is -2.34. The maximum Gasteiger partial charge on any atom is 0.0767 e. The Morgan fingerprint density at radius 1 is 1.44 bits per heavy atom. The Labute approximate surface area is 117 Å². The summed E-state index contributed by atoms with van der Waals surface area (Å²) in [7, 11) is 1.79. The van der Waals surface area contributed by atoms with E-state index in [4.69, 9.17) is 4.74 Å². The fourth-order valence-electron chi connectivity index (χ4n) is 2.35. The molecular weight excluding hydrogens is 294 g/mol. The summed E-state index contributed by atoms with van der Waals surface area (Å²) in [5.41, 5.74) is 2.41. The summed E-state index contributed by atoms with van der Waals surface area (Å²) in [6.45, 7) is 6.07. The molecular formula is C13H22BrN3O. The van der Waals surface area contributed by atoms with Crippen molar-refractivity contribution in [2.24, 2.45) is 0 Å². The second kappa shape index (κ2) is 6.17. The first-order chi connectivity index (χ1) is 8.69. The number of halogens is 1. The number of hydrogen-bond donors (Lipinski definition) is 1. The van der Waals surface area contributed by atoms with Gasteiger partial charge >= 0.3 is 0 Å². The van der Waals surface area contributed by atoms with Gasteiger partial charge in [-0.05, 0) is 42.1 Å². The van der Waals surface area contributed by atoms with E-state index in [1.165, 1.54) is 10.2 Å². The minimum absolute atomic E-state index is 0.452. The van der Waals surface area contributed by atoms with Crippen molar-refractivity contribution >= 4 is 15.9 Å². The Bertz CT molecular complexity index is 399. The molecule has 2 rings (SSSR count). The summed E-state index contributed by atoms with van der Waals surface area (Å²) in [6.07, 6.45) is 3.66. The van der Waals surface area contributed by atoms with Gasteiger partial charge in [0.25, 0.3) is 0 Å². The third kappa shape index (κ3) is 2.78. The molecule has 4 nitrogen and oxygen atoms in total. The third-order valence-electron chi connectivity index (χ3n) is 3.68. The molecule has 1 aromatic heterocycles. The Balaban J connectivity index is 1.94. The average molecular weight is 316 g/mol. The molecule has 0 radical (unpaired) electrons. The van der Waals surface area contributed by atoms with Crippen LogP contribution in [0.5, 0.6) is 0 Å². The lowest BCUT2D eigenvalue weighted by molar-refractivity contribution is 0.0168. The van der Waals surface area contributed by atoms with Gasteiger partial charge < -0.3 is 10.1 Å². The topological polar surface area (TPSA) is 39.1 Å². The summed E-state index contributed by atoms with van der Waals surface area (Å²) < 4.78 is 8.55. The number of rotatable bonds is 6. The Kier molecular flexibility index (Phi) is 4.81. The van der Waals surface area contributed by atoms with E-state index in [1.54, 1.807) is 7.11 Å². The fourth-order valence-corrected chi connectivity index (χ4v) is 3.06. The van der Waals surface area contributed by atoms with Crippen LogP contribution in [0.1, 0.15) is 38.1 Å². The van der Waals surface area contributed by atoms with Gasteiger partial charge in [0.05, 0.1) is 22.0 Å². The van der Waals surface area contributed by atoms with Crippen LogP contribution in [0.3, 0.4) is 0 Å². The summed E-state index contributed by atoms with van der Waals surface area (Å²) in [5, 5.41) is 8.19. The van der Waals surface area contributed by atoms with E-state index in [2.05, 4.69) is 44.9 Å². The first-order valence-corrected chi connectivity index (χ1v) is 7.49. The zero-order valence-corrected chi connectivity index (χ0v) is 13.0. The molecule has 0 aliphatic heterocycles. The van der Waals surface area contributed by atoms with E-state index in [1.807, 2.05) is 0 Å². The first-order valence-electron chi connectivity index (χ1n) is 6.69. The molecule has 0 unspecified atom stereocenters. The van der Waals surface area contributed by atoms with Gasteiger partial charge in [0.15, 0.2) is 0 Å². The fraction of sp³-hybridized carbons (Fsp3) is 0.769. The highest BCUT2D eigenvalue weighted by Gasteiger charge is 2.28. The molecule has 0 atom stereocenters. The molecule has 1 heterocycles. The normalized spacial score (nSPS) is 23.1. The quantitative estimate of drug-likeness (QED) is 0.876. The minimum atomic E-state index is 0.452. The van der Waals surface area contributed by atoms with Gasteiger partial charge in [-0.3, -0.25) is 4.68 Å². The Morgan fingerprint density at radius 2 is 2.17 bits per heavy atom. The molecule has 1 aliphatic carbocycles. The zero-order valence-electron chi connectivity index (χ0n) is 11.4. The van der Waals surface area contributed by atoms with Gasteiger partial charge in [0.2, 0.25) is 0 Å². The molecule has 0 aromatic carbocycles. The summed E-state index contributed by atoms with van der Waals surface area (Å²) >= 11 is 3.67.